The molecule has 0 spiro atoms. The van der Waals surface area contributed by atoms with E-state index in [0.717, 1.165) is 0 Å². The smallest absolute Gasteiger partial charge is 0.309 e. The van der Waals surface area contributed by atoms with Crippen LogP contribution >= 0.6 is 15.9 Å². The Morgan fingerprint density at radius 2 is 1.93 bits per heavy atom. The van der Waals surface area contributed by atoms with Gasteiger partial charge in [0.05, 0.1) is 11.3 Å². The van der Waals surface area contributed by atoms with Crippen molar-refractivity contribution in [3.8, 4) is 0 Å². The fourth-order valence-corrected chi connectivity index (χ4v) is 3.42. The van der Waals surface area contributed by atoms with Crippen molar-refractivity contribution < 1.29 is 19.8 Å². The zero-order valence-corrected chi connectivity index (χ0v) is 10.4. The lowest BCUT2D eigenvalue weighted by Gasteiger charge is -2.38. The molecule has 4 nitrogen and oxygen atoms in total. The van der Waals surface area contributed by atoms with Gasteiger partial charge >= 0.3 is 11.9 Å². The lowest BCUT2D eigenvalue weighted by atomic mass is 9.66. The molecule has 0 aromatic rings. The number of hydrogen-bond donors (Lipinski definition) is 2. The zero-order valence-electron chi connectivity index (χ0n) is 8.79. The van der Waals surface area contributed by atoms with Gasteiger partial charge in [-0.05, 0) is 19.8 Å². The molecule has 15 heavy (non-hydrogen) atoms. The van der Waals surface area contributed by atoms with Crippen molar-refractivity contribution in [1.29, 1.82) is 0 Å². The number of hydrogen-bond acceptors (Lipinski definition) is 2. The average Bonchev–Trinajstić information content (AvgIpc) is 2.42. The van der Waals surface area contributed by atoms with Crippen LogP contribution in [0.3, 0.4) is 0 Å². The highest BCUT2D eigenvalue weighted by molar-refractivity contribution is 9.09. The Kier molecular flexibility index (Phi) is 3.14. The van der Waals surface area contributed by atoms with E-state index in [-0.39, 0.29) is 0 Å². The van der Waals surface area contributed by atoms with Crippen LogP contribution in [0.15, 0.2) is 0 Å². The largest absolute Gasteiger partial charge is 0.481 e. The van der Waals surface area contributed by atoms with Crippen molar-refractivity contribution in [1.82, 2.24) is 0 Å². The van der Waals surface area contributed by atoms with Crippen LogP contribution in [0.25, 0.3) is 0 Å². The number of carboxylic acid groups (broad SMARTS) is 2. The molecule has 1 saturated carbocycles. The van der Waals surface area contributed by atoms with E-state index in [1.54, 1.807) is 13.8 Å². The highest BCUT2D eigenvalue weighted by Gasteiger charge is 2.60. The molecule has 0 heterocycles. The summed E-state index contributed by atoms with van der Waals surface area (Å²) in [5.74, 6) is -2.40. The highest BCUT2D eigenvalue weighted by atomic mass is 79.9. The molecule has 0 radical (unpaired) electrons. The monoisotopic (exact) mass is 278 g/mol. The quantitative estimate of drug-likeness (QED) is 0.774. The molecule has 2 N–H and O–H groups in total. The highest BCUT2D eigenvalue weighted by Crippen LogP contribution is 2.57. The van der Waals surface area contributed by atoms with Gasteiger partial charge < -0.3 is 10.2 Å². The Balaban J connectivity index is 3.16. The zero-order chi connectivity index (χ0) is 11.9. The second-order valence-electron chi connectivity index (χ2n) is 4.62. The van der Waals surface area contributed by atoms with E-state index < -0.39 is 28.7 Å². The summed E-state index contributed by atoms with van der Waals surface area (Å²) in [6.45, 7) is 3.38. The predicted molar refractivity (Wildman–Crippen MR) is 58.0 cm³/mol. The summed E-state index contributed by atoms with van der Waals surface area (Å²) in [6.07, 6.45) is 0.849. The minimum atomic E-state index is -0.959. The van der Waals surface area contributed by atoms with Crippen LogP contribution < -0.4 is 0 Å². The Labute approximate surface area is 96.8 Å². The lowest BCUT2D eigenvalue weighted by molar-refractivity contribution is -0.157. The van der Waals surface area contributed by atoms with Gasteiger partial charge in [0.25, 0.3) is 0 Å². The van der Waals surface area contributed by atoms with Gasteiger partial charge in [0.15, 0.2) is 0 Å². The number of aliphatic carboxylic acids is 2. The molecule has 3 unspecified atom stereocenters. The molecule has 1 aliphatic rings. The van der Waals surface area contributed by atoms with Gasteiger partial charge in [0.1, 0.15) is 0 Å². The van der Waals surface area contributed by atoms with Gasteiger partial charge in [-0.25, -0.2) is 0 Å². The summed E-state index contributed by atoms with van der Waals surface area (Å²) in [6, 6.07) is 0. The molecule has 1 aliphatic carbocycles. The Morgan fingerprint density at radius 1 is 1.40 bits per heavy atom. The molecule has 1 rings (SSSR count). The molecule has 1 fully saturated rings. The van der Waals surface area contributed by atoms with E-state index >= 15 is 0 Å². The Bertz CT molecular complexity index is 304. The summed E-state index contributed by atoms with van der Waals surface area (Å²) in [5.41, 5.74) is -1.69. The van der Waals surface area contributed by atoms with Crippen LogP contribution in [0.2, 0.25) is 0 Å². The second-order valence-corrected chi connectivity index (χ2v) is 5.18. The van der Waals surface area contributed by atoms with E-state index in [4.69, 9.17) is 5.11 Å². The number of carbonyl (C=O) groups is 2. The van der Waals surface area contributed by atoms with Crippen LogP contribution in [0.4, 0.5) is 0 Å². The molecule has 3 atom stereocenters. The third-order valence-corrected chi connectivity index (χ3v) is 5.18. The summed E-state index contributed by atoms with van der Waals surface area (Å²) in [4.78, 5) is 22.3. The molecule has 0 bridgehead atoms. The van der Waals surface area contributed by atoms with Gasteiger partial charge in [-0.1, -0.05) is 22.9 Å². The maximum atomic E-state index is 11.3. The van der Waals surface area contributed by atoms with Crippen molar-refractivity contribution in [3.63, 3.8) is 0 Å². The first kappa shape index (κ1) is 12.5. The average molecular weight is 279 g/mol. The van der Waals surface area contributed by atoms with Gasteiger partial charge in [-0.15, -0.1) is 0 Å². The minimum absolute atomic E-state index is 0.389. The first-order chi connectivity index (χ1) is 6.79. The Hall–Kier alpha value is -0.580. The van der Waals surface area contributed by atoms with Crippen LogP contribution in [0.1, 0.15) is 26.7 Å². The molecule has 5 heteroatoms. The van der Waals surface area contributed by atoms with Gasteiger partial charge in [-0.2, -0.15) is 0 Å². The fourth-order valence-electron chi connectivity index (χ4n) is 2.41. The third kappa shape index (κ3) is 1.57. The molecule has 0 aromatic carbocycles. The standard InChI is InChI=1S/C10H15BrO4/c1-9(8(14)15)4-3-6(7(12)13)10(9,2)5-11/h6H,3-5H2,1-2H3,(H,12,13)(H,14,15). The third-order valence-electron chi connectivity index (χ3n) is 4.01. The number of carboxylic acids is 2. The van der Waals surface area contributed by atoms with Gasteiger partial charge in [0, 0.05) is 10.7 Å². The fraction of sp³-hybridized carbons (Fsp3) is 0.800. The first-order valence-corrected chi connectivity index (χ1v) is 5.94. The maximum absolute atomic E-state index is 11.3. The van der Waals surface area contributed by atoms with Crippen molar-refractivity contribution >= 4 is 27.9 Å². The maximum Gasteiger partial charge on any atom is 0.309 e. The first-order valence-electron chi connectivity index (χ1n) is 4.82. The van der Waals surface area contributed by atoms with E-state index in [1.807, 2.05) is 0 Å². The van der Waals surface area contributed by atoms with Crippen molar-refractivity contribution in [2.45, 2.75) is 26.7 Å². The van der Waals surface area contributed by atoms with Crippen molar-refractivity contribution in [2.75, 3.05) is 5.33 Å². The van der Waals surface area contributed by atoms with Gasteiger partial charge in [0.2, 0.25) is 0 Å². The molecule has 0 aliphatic heterocycles. The molecular weight excluding hydrogens is 264 g/mol. The molecular formula is C10H15BrO4. The number of alkyl halides is 1. The van der Waals surface area contributed by atoms with Crippen LogP contribution in [-0.2, 0) is 9.59 Å². The van der Waals surface area contributed by atoms with Gasteiger partial charge in [-0.3, -0.25) is 9.59 Å². The summed E-state index contributed by atoms with van der Waals surface area (Å²) < 4.78 is 0. The summed E-state index contributed by atoms with van der Waals surface area (Å²) in [5, 5.41) is 18.7. The number of rotatable bonds is 3. The Morgan fingerprint density at radius 3 is 2.27 bits per heavy atom. The van der Waals surface area contributed by atoms with E-state index in [0.29, 0.717) is 18.2 Å². The molecule has 0 aromatic heterocycles. The van der Waals surface area contributed by atoms with Crippen molar-refractivity contribution in [3.05, 3.63) is 0 Å². The van der Waals surface area contributed by atoms with E-state index in [9.17, 15) is 14.7 Å². The lowest BCUT2D eigenvalue weighted by Crippen LogP contribution is -2.46. The van der Waals surface area contributed by atoms with E-state index in [1.165, 1.54) is 0 Å². The topological polar surface area (TPSA) is 74.6 Å². The van der Waals surface area contributed by atoms with Crippen LogP contribution in [-0.4, -0.2) is 27.5 Å². The predicted octanol–water partition coefficient (Wildman–Crippen LogP) is 1.97. The van der Waals surface area contributed by atoms with E-state index in [2.05, 4.69) is 15.9 Å². The van der Waals surface area contributed by atoms with Crippen molar-refractivity contribution in [2.24, 2.45) is 16.7 Å². The van der Waals surface area contributed by atoms with Crippen LogP contribution in [0, 0.1) is 16.7 Å². The number of halogens is 1. The molecule has 0 saturated heterocycles. The summed E-state index contributed by atoms with van der Waals surface area (Å²) >= 11 is 3.26. The molecule has 0 amide bonds. The SMILES string of the molecule is CC1(C(=O)O)CCC(C(=O)O)C1(C)CBr. The molecule has 86 valence electrons. The van der Waals surface area contributed by atoms with Crippen LogP contribution in [0.5, 0.6) is 0 Å². The summed E-state index contributed by atoms with van der Waals surface area (Å²) in [7, 11) is 0. The minimum Gasteiger partial charge on any atom is -0.481 e. The second kappa shape index (κ2) is 3.77. The normalized spacial score (nSPS) is 40.3.